The number of rotatable bonds is 4. The van der Waals surface area contributed by atoms with Crippen LogP contribution in [0.15, 0.2) is 48.7 Å². The second-order valence-electron chi connectivity index (χ2n) is 4.39. The Labute approximate surface area is 121 Å². The van der Waals surface area contributed by atoms with Crippen molar-refractivity contribution in [3.05, 3.63) is 81.5 Å². The lowest BCUT2D eigenvalue weighted by Crippen LogP contribution is -2.23. The van der Waals surface area contributed by atoms with E-state index in [1.54, 1.807) is 24.4 Å². The van der Waals surface area contributed by atoms with Crippen LogP contribution < -0.4 is 0 Å². The third-order valence-electron chi connectivity index (χ3n) is 3.09. The van der Waals surface area contributed by atoms with Gasteiger partial charge in [-0.05, 0) is 24.3 Å². The highest BCUT2D eigenvalue weighted by Crippen LogP contribution is 2.30. The molecule has 1 aromatic carbocycles. The Balaban J connectivity index is 2.41. The van der Waals surface area contributed by atoms with Gasteiger partial charge in [0, 0.05) is 18.3 Å². The third kappa shape index (κ3) is 2.85. The van der Waals surface area contributed by atoms with Crippen molar-refractivity contribution >= 4 is 5.69 Å². The largest absolute Gasteiger partial charge is 0.346 e. The molecule has 6 heteroatoms. The molecule has 0 aliphatic rings. The maximum atomic E-state index is 10.7. The maximum Gasteiger partial charge on any atom is 0.346 e. The molecule has 0 aliphatic heterocycles. The number of hydrogen-bond acceptors (Lipinski definition) is 4. The predicted molar refractivity (Wildman–Crippen MR) is 74.9 cm³/mol. The quantitative estimate of drug-likeness (QED) is 0.489. The van der Waals surface area contributed by atoms with Crippen molar-refractivity contribution in [2.75, 3.05) is 0 Å². The smallest absolute Gasteiger partial charge is 0.288 e. The van der Waals surface area contributed by atoms with E-state index in [1.807, 2.05) is 6.07 Å². The van der Waals surface area contributed by atoms with Crippen LogP contribution in [0.1, 0.15) is 11.3 Å². The summed E-state index contributed by atoms with van der Waals surface area (Å²) in [4.78, 5) is 17.7. The molecule has 0 saturated heterocycles. The topological polar surface area (TPSA) is 84.2 Å². The van der Waals surface area contributed by atoms with Gasteiger partial charge in [-0.25, -0.2) is 6.57 Å². The average Bonchev–Trinajstić information content (AvgIpc) is 2.54. The number of nitro groups is 1. The zero-order valence-electron chi connectivity index (χ0n) is 10.9. The first-order valence-electron chi connectivity index (χ1n) is 6.06. The van der Waals surface area contributed by atoms with Gasteiger partial charge in [0.15, 0.2) is 6.07 Å². The Hall–Kier alpha value is -3.25. The molecule has 0 spiro atoms. The van der Waals surface area contributed by atoms with E-state index >= 15 is 0 Å². The Bertz CT molecular complexity index is 713. The molecule has 2 aromatic rings. The zero-order chi connectivity index (χ0) is 15.3. The third-order valence-corrected chi connectivity index (χ3v) is 3.09. The molecule has 0 N–H and O–H groups in total. The predicted octanol–water partition coefficient (Wildman–Crippen LogP) is 2.87. The fourth-order valence-corrected chi connectivity index (χ4v) is 1.96. The number of nitriles is 1. The number of aromatic nitrogens is 1. The molecule has 1 unspecified atom stereocenters. The molecule has 0 radical (unpaired) electrons. The summed E-state index contributed by atoms with van der Waals surface area (Å²) in [7, 11) is 0. The molecule has 0 amide bonds. The standard InChI is InChI=1S/C15H10N4O2/c1-17-15(11-16,10-13-4-2-3-9-18-13)12-5-7-14(8-6-12)19(20)21/h2-9H,10H2. The Kier molecular flexibility index (Phi) is 3.92. The summed E-state index contributed by atoms with van der Waals surface area (Å²) in [5.74, 6) is 0. The van der Waals surface area contributed by atoms with E-state index in [-0.39, 0.29) is 12.1 Å². The lowest BCUT2D eigenvalue weighted by Gasteiger charge is -2.14. The molecule has 0 bridgehead atoms. The number of benzene rings is 1. The van der Waals surface area contributed by atoms with Gasteiger partial charge < -0.3 is 0 Å². The first kappa shape index (κ1) is 14.2. The molecule has 0 aliphatic carbocycles. The highest BCUT2D eigenvalue weighted by atomic mass is 16.6. The second kappa shape index (κ2) is 5.81. The van der Waals surface area contributed by atoms with Crippen LogP contribution in [0, 0.1) is 28.0 Å². The molecule has 102 valence electrons. The summed E-state index contributed by atoms with van der Waals surface area (Å²) in [5, 5.41) is 20.1. The van der Waals surface area contributed by atoms with Crippen LogP contribution in [0.25, 0.3) is 4.85 Å². The van der Waals surface area contributed by atoms with Crippen molar-refractivity contribution in [1.29, 1.82) is 5.26 Å². The first-order valence-corrected chi connectivity index (χ1v) is 6.06. The minimum absolute atomic E-state index is 0.0755. The molecule has 6 nitrogen and oxygen atoms in total. The highest BCUT2D eigenvalue weighted by Gasteiger charge is 2.40. The molecule has 0 saturated carbocycles. The SMILES string of the molecule is [C-]#[N+]C(C#N)(Cc1ccccn1)c1ccc([N+](=O)[O-])cc1. The fourth-order valence-electron chi connectivity index (χ4n) is 1.96. The Morgan fingerprint density at radius 1 is 1.33 bits per heavy atom. The Morgan fingerprint density at radius 2 is 2.05 bits per heavy atom. The minimum Gasteiger partial charge on any atom is -0.288 e. The number of nitrogens with zero attached hydrogens (tertiary/aromatic N) is 4. The number of nitro benzene ring substituents is 1. The molecular formula is C15H10N4O2. The van der Waals surface area contributed by atoms with E-state index in [0.29, 0.717) is 11.3 Å². The van der Waals surface area contributed by atoms with Crippen LogP contribution in [-0.2, 0) is 12.0 Å². The summed E-state index contributed by atoms with van der Waals surface area (Å²) in [5.41, 5.74) is -0.457. The molecule has 2 rings (SSSR count). The van der Waals surface area contributed by atoms with Gasteiger partial charge in [-0.3, -0.25) is 19.9 Å². The van der Waals surface area contributed by atoms with Crippen molar-refractivity contribution in [2.45, 2.75) is 12.0 Å². The summed E-state index contributed by atoms with van der Waals surface area (Å²) >= 11 is 0. The van der Waals surface area contributed by atoms with Crippen molar-refractivity contribution in [2.24, 2.45) is 0 Å². The highest BCUT2D eigenvalue weighted by molar-refractivity contribution is 5.42. The second-order valence-corrected chi connectivity index (χ2v) is 4.39. The summed E-state index contributed by atoms with van der Waals surface area (Å²) in [6.45, 7) is 7.37. The van der Waals surface area contributed by atoms with Gasteiger partial charge in [-0.2, -0.15) is 5.26 Å². The number of pyridine rings is 1. The minimum atomic E-state index is -1.43. The van der Waals surface area contributed by atoms with Gasteiger partial charge in [0.25, 0.3) is 5.69 Å². The first-order chi connectivity index (χ1) is 10.1. The van der Waals surface area contributed by atoms with Gasteiger partial charge in [0.1, 0.15) is 0 Å². The van der Waals surface area contributed by atoms with Crippen molar-refractivity contribution < 1.29 is 4.92 Å². The maximum absolute atomic E-state index is 10.7. The van der Waals surface area contributed by atoms with E-state index in [2.05, 4.69) is 9.83 Å². The van der Waals surface area contributed by atoms with Crippen LogP contribution in [0.2, 0.25) is 0 Å². The monoisotopic (exact) mass is 278 g/mol. The van der Waals surface area contributed by atoms with Crippen molar-refractivity contribution in [3.8, 4) is 6.07 Å². The van der Waals surface area contributed by atoms with Crippen LogP contribution in [-0.4, -0.2) is 9.91 Å². The summed E-state index contributed by atoms with van der Waals surface area (Å²) in [6.07, 6.45) is 1.73. The molecule has 1 atom stereocenters. The van der Waals surface area contributed by atoms with Gasteiger partial charge in [0.2, 0.25) is 0 Å². The normalized spacial score (nSPS) is 12.7. The van der Waals surface area contributed by atoms with Crippen LogP contribution >= 0.6 is 0 Å². The van der Waals surface area contributed by atoms with Crippen LogP contribution in [0.5, 0.6) is 0 Å². The van der Waals surface area contributed by atoms with Crippen molar-refractivity contribution in [1.82, 2.24) is 4.98 Å². The van der Waals surface area contributed by atoms with Gasteiger partial charge in [-0.1, -0.05) is 6.07 Å². The lowest BCUT2D eigenvalue weighted by molar-refractivity contribution is -0.384. The lowest BCUT2D eigenvalue weighted by atomic mass is 9.87. The molecule has 1 heterocycles. The van der Waals surface area contributed by atoms with Gasteiger partial charge >= 0.3 is 5.54 Å². The van der Waals surface area contributed by atoms with E-state index in [1.165, 1.54) is 24.3 Å². The van der Waals surface area contributed by atoms with Crippen molar-refractivity contribution in [3.63, 3.8) is 0 Å². The Morgan fingerprint density at radius 3 is 2.52 bits per heavy atom. The van der Waals surface area contributed by atoms with Crippen LogP contribution in [0.3, 0.4) is 0 Å². The number of non-ortho nitro benzene ring substituents is 1. The van der Waals surface area contributed by atoms with E-state index in [4.69, 9.17) is 6.57 Å². The van der Waals surface area contributed by atoms with Gasteiger partial charge in [-0.15, -0.1) is 0 Å². The molecule has 1 aromatic heterocycles. The van der Waals surface area contributed by atoms with E-state index in [0.717, 1.165) is 0 Å². The fraction of sp³-hybridized carbons (Fsp3) is 0.133. The summed E-state index contributed by atoms with van der Waals surface area (Å²) < 4.78 is 0. The molecule has 0 fully saturated rings. The van der Waals surface area contributed by atoms with Crippen LogP contribution in [0.4, 0.5) is 5.69 Å². The number of hydrogen-bond donors (Lipinski definition) is 0. The zero-order valence-corrected chi connectivity index (χ0v) is 10.9. The molecule has 21 heavy (non-hydrogen) atoms. The van der Waals surface area contributed by atoms with E-state index in [9.17, 15) is 15.4 Å². The van der Waals surface area contributed by atoms with Gasteiger partial charge in [0.05, 0.1) is 22.6 Å². The van der Waals surface area contributed by atoms with E-state index < -0.39 is 10.5 Å². The molecular weight excluding hydrogens is 268 g/mol. The average molecular weight is 278 g/mol. The summed E-state index contributed by atoms with van der Waals surface area (Å²) in [6, 6.07) is 12.8.